The van der Waals surface area contributed by atoms with E-state index >= 15 is 0 Å². The zero-order chi connectivity index (χ0) is 36.2. The Hall–Kier alpha value is -6.53. The number of methoxy groups -OCH3 is 1. The number of aliphatic hydroxyl groups excluding tert-OH is 1. The number of cyclic esters (lactones) is 1. The maximum Gasteiger partial charge on any atom is 0.343 e. The quantitative estimate of drug-likeness (QED) is 0.116. The number of hydrogen-bond donors (Lipinski definition) is 1. The second kappa shape index (κ2) is 16.7. The first-order chi connectivity index (χ1) is 24.6. The Morgan fingerprint density at radius 1 is 0.706 bits per heavy atom. The molecule has 1 heterocycles. The summed E-state index contributed by atoms with van der Waals surface area (Å²) in [4.78, 5) is 36.0. The third kappa shape index (κ3) is 10.00. The molecule has 8 heteroatoms. The van der Waals surface area contributed by atoms with Crippen LogP contribution in [-0.4, -0.2) is 55.5 Å². The van der Waals surface area contributed by atoms with Gasteiger partial charge in [-0.25, -0.2) is 14.4 Å². The minimum absolute atomic E-state index is 0.145. The van der Waals surface area contributed by atoms with Crippen LogP contribution in [0.3, 0.4) is 0 Å². The highest BCUT2D eigenvalue weighted by Crippen LogP contribution is 2.33. The fourth-order valence-electron chi connectivity index (χ4n) is 4.80. The van der Waals surface area contributed by atoms with Gasteiger partial charge in [0.25, 0.3) is 0 Å². The predicted molar refractivity (Wildman–Crippen MR) is 190 cm³/mol. The summed E-state index contributed by atoms with van der Waals surface area (Å²) < 4.78 is 20.7. The lowest BCUT2D eigenvalue weighted by molar-refractivity contribution is -0.154. The largest absolute Gasteiger partial charge is 0.482 e. The molecule has 1 N–H and O–H groups in total. The Kier molecular flexibility index (Phi) is 11.7. The summed E-state index contributed by atoms with van der Waals surface area (Å²) in [5.41, 5.74) is 5.24. The van der Waals surface area contributed by atoms with Gasteiger partial charge in [0.1, 0.15) is 12.4 Å². The van der Waals surface area contributed by atoms with E-state index in [0.29, 0.717) is 22.4 Å². The first-order valence-electron chi connectivity index (χ1n) is 16.0. The van der Waals surface area contributed by atoms with E-state index in [1.54, 1.807) is 50.2 Å². The summed E-state index contributed by atoms with van der Waals surface area (Å²) in [6, 6.07) is 29.1. The summed E-state index contributed by atoms with van der Waals surface area (Å²) >= 11 is 0. The highest BCUT2D eigenvalue weighted by molar-refractivity contribution is 5.92. The van der Waals surface area contributed by atoms with Crippen molar-refractivity contribution in [1.29, 1.82) is 0 Å². The minimum atomic E-state index is -1.27. The third-order valence-corrected chi connectivity index (χ3v) is 7.80. The van der Waals surface area contributed by atoms with E-state index in [-0.39, 0.29) is 19.6 Å². The maximum atomic E-state index is 12.6. The molecular weight excluding hydrogens is 644 g/mol. The molecule has 1 unspecified atom stereocenters. The van der Waals surface area contributed by atoms with Crippen molar-refractivity contribution in [3.05, 3.63) is 147 Å². The molecule has 5 rings (SSSR count). The Morgan fingerprint density at radius 3 is 1.49 bits per heavy atom. The number of ether oxygens (including phenoxy) is 4. The lowest BCUT2D eigenvalue weighted by Crippen LogP contribution is -2.39. The van der Waals surface area contributed by atoms with Crippen molar-refractivity contribution >= 4 is 17.9 Å². The van der Waals surface area contributed by atoms with Crippen molar-refractivity contribution in [3.63, 3.8) is 0 Å². The molecule has 0 saturated carbocycles. The van der Waals surface area contributed by atoms with Crippen LogP contribution in [0.1, 0.15) is 64.0 Å². The Bertz CT molecular complexity index is 2120. The predicted octanol–water partition coefficient (Wildman–Crippen LogP) is 5.61. The van der Waals surface area contributed by atoms with Crippen LogP contribution < -0.4 is 4.74 Å². The molecule has 4 aromatic rings. The van der Waals surface area contributed by atoms with Crippen molar-refractivity contribution in [3.8, 4) is 41.3 Å². The molecule has 0 aromatic heterocycles. The van der Waals surface area contributed by atoms with Crippen LogP contribution in [0.25, 0.3) is 0 Å². The zero-order valence-electron chi connectivity index (χ0n) is 28.4. The van der Waals surface area contributed by atoms with E-state index in [1.165, 1.54) is 7.11 Å². The number of esters is 3. The molecular formula is C43H34O8. The average Bonchev–Trinajstić information content (AvgIpc) is 3.51. The smallest absolute Gasteiger partial charge is 0.343 e. The van der Waals surface area contributed by atoms with Crippen molar-refractivity contribution in [2.45, 2.75) is 25.9 Å². The molecule has 0 bridgehead atoms. The Labute approximate surface area is 297 Å². The first kappa shape index (κ1) is 35.8. The van der Waals surface area contributed by atoms with Gasteiger partial charge in [-0.3, -0.25) is 0 Å². The van der Waals surface area contributed by atoms with E-state index < -0.39 is 30.1 Å². The molecule has 8 nitrogen and oxygen atoms in total. The zero-order valence-corrected chi connectivity index (χ0v) is 28.4. The third-order valence-electron chi connectivity index (χ3n) is 7.80. The van der Waals surface area contributed by atoms with Gasteiger partial charge in [-0.05, 0) is 111 Å². The van der Waals surface area contributed by atoms with E-state index in [1.807, 2.05) is 60.7 Å². The number of allylic oxidation sites excluding steroid dienone is 1. The van der Waals surface area contributed by atoms with E-state index in [9.17, 15) is 19.5 Å². The summed E-state index contributed by atoms with van der Waals surface area (Å²) in [6.45, 7) is 2.75. The molecule has 1 atom stereocenters. The number of aliphatic hydroxyl groups is 1. The van der Waals surface area contributed by atoms with Crippen LogP contribution >= 0.6 is 0 Å². The molecule has 1 aliphatic heterocycles. The van der Waals surface area contributed by atoms with Crippen LogP contribution in [0, 0.1) is 35.5 Å². The van der Waals surface area contributed by atoms with Gasteiger partial charge in [0.2, 0.25) is 0 Å². The highest BCUT2D eigenvalue weighted by atomic mass is 16.6. The summed E-state index contributed by atoms with van der Waals surface area (Å²) in [5.74, 6) is 17.8. The van der Waals surface area contributed by atoms with Gasteiger partial charge in [0, 0.05) is 45.4 Å². The summed E-state index contributed by atoms with van der Waals surface area (Å²) in [7, 11) is 1.31. The average molecular weight is 679 g/mol. The summed E-state index contributed by atoms with van der Waals surface area (Å²) in [5, 5.41) is 9.85. The van der Waals surface area contributed by atoms with Gasteiger partial charge in [-0.1, -0.05) is 41.1 Å². The van der Waals surface area contributed by atoms with Gasteiger partial charge in [0.15, 0.2) is 12.2 Å². The molecule has 1 fully saturated rings. The minimum Gasteiger partial charge on any atom is -0.482 e. The van der Waals surface area contributed by atoms with E-state index in [2.05, 4.69) is 40.3 Å². The maximum absolute atomic E-state index is 12.6. The fourth-order valence-corrected chi connectivity index (χ4v) is 4.80. The topological polar surface area (TPSA) is 108 Å². The molecule has 4 aromatic carbocycles. The Morgan fingerprint density at radius 2 is 1.12 bits per heavy atom. The molecule has 0 amide bonds. The SMILES string of the molecule is COC(=O)COc1ccc(C#Cc2ccc(C#Cc3ccc(C#Cc4ccc(C(=O)OCC5(CO)CC(=C(C)C)C(=O)O5)cc4)cc3)cc2)cc1. The number of rotatable bonds is 7. The van der Waals surface area contributed by atoms with Crippen LogP contribution in [0.2, 0.25) is 0 Å². The molecule has 1 aliphatic rings. The first-order valence-corrected chi connectivity index (χ1v) is 16.0. The van der Waals surface area contributed by atoms with Gasteiger partial charge in [-0.15, -0.1) is 0 Å². The molecule has 0 radical (unpaired) electrons. The number of carbonyl (C=O) groups is 3. The van der Waals surface area contributed by atoms with Crippen molar-refractivity contribution in [2.24, 2.45) is 0 Å². The van der Waals surface area contributed by atoms with Crippen LogP contribution in [0.5, 0.6) is 5.75 Å². The lowest BCUT2D eigenvalue weighted by atomic mass is 9.97. The van der Waals surface area contributed by atoms with Gasteiger partial charge < -0.3 is 24.1 Å². The van der Waals surface area contributed by atoms with E-state index in [4.69, 9.17) is 14.2 Å². The molecule has 51 heavy (non-hydrogen) atoms. The van der Waals surface area contributed by atoms with Crippen molar-refractivity contribution in [2.75, 3.05) is 26.9 Å². The standard InChI is InChI=1S/C43H34O8/c1-30(2)39-26-43(28-44,51-42(39)47)29-50-41(46)37-22-18-35(19-23-37)16-14-33-10-6-31(7-11-33)4-5-32-8-12-34(13-9-32)15-17-36-20-24-38(25-21-36)49-27-40(45)48-3/h6-13,18-25,44H,26-29H2,1-3H3. The molecule has 254 valence electrons. The van der Waals surface area contributed by atoms with Crippen LogP contribution in [-0.2, 0) is 23.8 Å². The number of hydrogen-bond acceptors (Lipinski definition) is 8. The Balaban J connectivity index is 1.11. The fraction of sp³-hybridized carbons (Fsp3) is 0.186. The number of carbonyl (C=O) groups excluding carboxylic acids is 3. The lowest BCUT2D eigenvalue weighted by Gasteiger charge is -2.24. The van der Waals surface area contributed by atoms with Crippen LogP contribution in [0.4, 0.5) is 0 Å². The van der Waals surface area contributed by atoms with E-state index in [0.717, 1.165) is 33.4 Å². The number of benzene rings is 4. The normalized spacial score (nSPS) is 14.4. The summed E-state index contributed by atoms with van der Waals surface area (Å²) in [6.07, 6.45) is 0.184. The van der Waals surface area contributed by atoms with Gasteiger partial charge in [0.05, 0.1) is 19.3 Å². The van der Waals surface area contributed by atoms with Gasteiger partial charge >= 0.3 is 17.9 Å². The van der Waals surface area contributed by atoms with Crippen LogP contribution in [0.15, 0.2) is 108 Å². The molecule has 0 aliphatic carbocycles. The van der Waals surface area contributed by atoms with Crippen molar-refractivity contribution in [1.82, 2.24) is 0 Å². The molecule has 1 saturated heterocycles. The second-order valence-corrected chi connectivity index (χ2v) is 11.8. The monoisotopic (exact) mass is 678 g/mol. The molecule has 0 spiro atoms. The van der Waals surface area contributed by atoms with Crippen molar-refractivity contribution < 1.29 is 38.4 Å². The highest BCUT2D eigenvalue weighted by Gasteiger charge is 2.45. The second-order valence-electron chi connectivity index (χ2n) is 11.8. The van der Waals surface area contributed by atoms with Gasteiger partial charge in [-0.2, -0.15) is 0 Å².